The van der Waals surface area contributed by atoms with Crippen LogP contribution in [0.2, 0.25) is 0 Å². The molecule has 0 aliphatic carbocycles. The number of aromatic nitrogens is 2. The Morgan fingerprint density at radius 3 is 2.95 bits per heavy atom. The summed E-state index contributed by atoms with van der Waals surface area (Å²) in [6.07, 6.45) is 1.56. The van der Waals surface area contributed by atoms with Crippen molar-refractivity contribution in [1.82, 2.24) is 20.6 Å². The Morgan fingerprint density at radius 1 is 1.57 bits per heavy atom. The number of β-amino-alcohol motifs (C(OH)–C–C–N with tert-alkyl or cyclic N) is 1. The zero-order valence-electron chi connectivity index (χ0n) is 12.5. The second kappa shape index (κ2) is 6.36. The summed E-state index contributed by atoms with van der Waals surface area (Å²) in [6.45, 7) is 5.52. The summed E-state index contributed by atoms with van der Waals surface area (Å²) in [7, 11) is 0. The van der Waals surface area contributed by atoms with E-state index in [4.69, 9.17) is 5.73 Å². The summed E-state index contributed by atoms with van der Waals surface area (Å²) in [6, 6.07) is 1.64. The highest BCUT2D eigenvalue weighted by Gasteiger charge is 2.29. The molecule has 1 unspecified atom stereocenters. The Kier molecular flexibility index (Phi) is 4.74. The molecule has 0 bridgehead atoms. The van der Waals surface area contributed by atoms with E-state index in [2.05, 4.69) is 20.6 Å². The Hall–Kier alpha value is -1.73. The van der Waals surface area contributed by atoms with E-state index < -0.39 is 5.60 Å². The molecule has 0 aromatic carbocycles. The van der Waals surface area contributed by atoms with Crippen LogP contribution in [0.25, 0.3) is 0 Å². The number of hydrogen-bond acceptors (Lipinski definition) is 6. The molecule has 21 heavy (non-hydrogen) atoms. The lowest BCUT2D eigenvalue weighted by Crippen LogP contribution is -2.52. The first-order valence-electron chi connectivity index (χ1n) is 7.25. The number of carbonyl (C=O) groups is 1. The first kappa shape index (κ1) is 15.7. The fourth-order valence-corrected chi connectivity index (χ4v) is 2.34. The lowest BCUT2D eigenvalue weighted by molar-refractivity contribution is 0.0169. The van der Waals surface area contributed by atoms with Crippen molar-refractivity contribution < 1.29 is 9.90 Å². The molecule has 2 rings (SSSR count). The highest BCUT2D eigenvalue weighted by molar-refractivity contribution is 5.92. The van der Waals surface area contributed by atoms with E-state index in [1.165, 1.54) is 0 Å². The maximum Gasteiger partial charge on any atom is 0.270 e. The maximum atomic E-state index is 12.2. The maximum absolute atomic E-state index is 12.2. The lowest BCUT2D eigenvalue weighted by Gasteiger charge is -2.32. The SMILES string of the molecule is CC(C)c1cc(C(=O)NCC2(O)CCCNC2)nc(N)n1. The smallest absolute Gasteiger partial charge is 0.270 e. The van der Waals surface area contributed by atoms with E-state index in [-0.39, 0.29) is 30.0 Å². The van der Waals surface area contributed by atoms with E-state index in [1.54, 1.807) is 6.07 Å². The minimum absolute atomic E-state index is 0.0874. The largest absolute Gasteiger partial charge is 0.387 e. The number of aliphatic hydroxyl groups is 1. The minimum Gasteiger partial charge on any atom is -0.387 e. The van der Waals surface area contributed by atoms with Gasteiger partial charge in [-0.3, -0.25) is 4.79 Å². The number of hydrogen-bond donors (Lipinski definition) is 4. The number of amides is 1. The predicted molar refractivity (Wildman–Crippen MR) is 79.9 cm³/mol. The molecule has 0 spiro atoms. The van der Waals surface area contributed by atoms with E-state index in [0.717, 1.165) is 18.7 Å². The molecule has 1 saturated heterocycles. The van der Waals surface area contributed by atoms with Crippen LogP contribution >= 0.6 is 0 Å². The summed E-state index contributed by atoms with van der Waals surface area (Å²) < 4.78 is 0. The summed E-state index contributed by atoms with van der Waals surface area (Å²) in [4.78, 5) is 20.2. The molecule has 1 aliphatic rings. The third kappa shape index (κ3) is 4.12. The molecular formula is C14H23N5O2. The van der Waals surface area contributed by atoms with Crippen molar-refractivity contribution in [3.63, 3.8) is 0 Å². The van der Waals surface area contributed by atoms with Crippen molar-refractivity contribution in [2.24, 2.45) is 0 Å². The highest BCUT2D eigenvalue weighted by Crippen LogP contribution is 2.16. The molecule has 116 valence electrons. The molecule has 1 amide bonds. The molecule has 0 radical (unpaired) electrons. The molecule has 1 aromatic rings. The van der Waals surface area contributed by atoms with Gasteiger partial charge < -0.3 is 21.5 Å². The number of carbonyl (C=O) groups excluding carboxylic acids is 1. The van der Waals surface area contributed by atoms with Crippen molar-refractivity contribution in [2.45, 2.75) is 38.2 Å². The van der Waals surface area contributed by atoms with Gasteiger partial charge in [0, 0.05) is 18.8 Å². The van der Waals surface area contributed by atoms with Crippen LogP contribution in [0.1, 0.15) is 48.8 Å². The Balaban J connectivity index is 2.03. The average molecular weight is 293 g/mol. The van der Waals surface area contributed by atoms with Crippen LogP contribution in [0.3, 0.4) is 0 Å². The molecule has 1 fully saturated rings. The van der Waals surface area contributed by atoms with Gasteiger partial charge in [0.05, 0.1) is 5.60 Å². The fourth-order valence-electron chi connectivity index (χ4n) is 2.34. The van der Waals surface area contributed by atoms with E-state index in [0.29, 0.717) is 13.0 Å². The quantitative estimate of drug-likeness (QED) is 0.623. The second-order valence-electron chi connectivity index (χ2n) is 5.88. The van der Waals surface area contributed by atoms with Gasteiger partial charge in [-0.2, -0.15) is 0 Å². The van der Waals surface area contributed by atoms with Gasteiger partial charge in [0.2, 0.25) is 5.95 Å². The fraction of sp³-hybridized carbons (Fsp3) is 0.643. The van der Waals surface area contributed by atoms with Crippen LogP contribution in [0.5, 0.6) is 0 Å². The van der Waals surface area contributed by atoms with Crippen LogP contribution < -0.4 is 16.4 Å². The molecule has 1 aliphatic heterocycles. The zero-order valence-corrected chi connectivity index (χ0v) is 12.5. The normalized spacial score (nSPS) is 22.3. The Morgan fingerprint density at radius 2 is 2.33 bits per heavy atom. The molecule has 0 saturated carbocycles. The predicted octanol–water partition coefficient (Wildman–Crippen LogP) is 0.0265. The molecular weight excluding hydrogens is 270 g/mol. The average Bonchev–Trinajstić information content (AvgIpc) is 2.45. The number of nitrogens with one attached hydrogen (secondary N) is 2. The summed E-state index contributed by atoms with van der Waals surface area (Å²) in [5.41, 5.74) is 5.71. The molecule has 1 aromatic heterocycles. The monoisotopic (exact) mass is 293 g/mol. The van der Waals surface area contributed by atoms with Crippen LogP contribution in [0.4, 0.5) is 5.95 Å². The number of rotatable bonds is 4. The van der Waals surface area contributed by atoms with Crippen LogP contribution in [-0.2, 0) is 0 Å². The third-order valence-electron chi connectivity index (χ3n) is 3.62. The number of nitrogen functional groups attached to an aromatic ring is 1. The summed E-state index contributed by atoms with van der Waals surface area (Å²) in [5.74, 6) is -0.0945. The number of piperidine rings is 1. The van der Waals surface area contributed by atoms with Gasteiger partial charge in [0.25, 0.3) is 5.91 Å². The van der Waals surface area contributed by atoms with Gasteiger partial charge in [-0.15, -0.1) is 0 Å². The van der Waals surface area contributed by atoms with Gasteiger partial charge >= 0.3 is 0 Å². The zero-order chi connectivity index (χ0) is 15.5. The van der Waals surface area contributed by atoms with Crippen LogP contribution in [0.15, 0.2) is 6.07 Å². The second-order valence-corrected chi connectivity index (χ2v) is 5.88. The number of nitrogens with two attached hydrogens (primary N) is 1. The van der Waals surface area contributed by atoms with Crippen molar-refractivity contribution in [1.29, 1.82) is 0 Å². The molecule has 7 heteroatoms. The first-order chi connectivity index (χ1) is 9.89. The topological polar surface area (TPSA) is 113 Å². The van der Waals surface area contributed by atoms with Crippen molar-refractivity contribution in [3.8, 4) is 0 Å². The third-order valence-corrected chi connectivity index (χ3v) is 3.62. The van der Waals surface area contributed by atoms with Gasteiger partial charge in [-0.1, -0.05) is 13.8 Å². The van der Waals surface area contributed by atoms with E-state index >= 15 is 0 Å². The summed E-state index contributed by atoms with van der Waals surface area (Å²) >= 11 is 0. The van der Waals surface area contributed by atoms with Crippen molar-refractivity contribution in [3.05, 3.63) is 17.5 Å². The van der Waals surface area contributed by atoms with Gasteiger partial charge in [-0.25, -0.2) is 9.97 Å². The number of anilines is 1. The number of nitrogens with zero attached hydrogens (tertiary/aromatic N) is 2. The van der Waals surface area contributed by atoms with Gasteiger partial charge in [-0.05, 0) is 31.4 Å². The highest BCUT2D eigenvalue weighted by atomic mass is 16.3. The first-order valence-corrected chi connectivity index (χ1v) is 7.25. The Labute approximate surface area is 124 Å². The molecule has 1 atom stereocenters. The summed E-state index contributed by atoms with van der Waals surface area (Å²) in [5, 5.41) is 16.2. The molecule has 5 N–H and O–H groups in total. The standard InChI is InChI=1S/C14H23N5O2/c1-9(2)10-6-11(19-13(15)18-10)12(20)17-8-14(21)4-3-5-16-7-14/h6,9,16,21H,3-5,7-8H2,1-2H3,(H,17,20)(H2,15,18,19). The molecule has 2 heterocycles. The van der Waals surface area contributed by atoms with Gasteiger partial charge in [0.1, 0.15) is 5.69 Å². The van der Waals surface area contributed by atoms with Crippen LogP contribution in [-0.4, -0.2) is 46.2 Å². The van der Waals surface area contributed by atoms with Crippen molar-refractivity contribution >= 4 is 11.9 Å². The van der Waals surface area contributed by atoms with E-state index in [1.807, 2.05) is 13.8 Å². The van der Waals surface area contributed by atoms with Crippen LogP contribution in [0, 0.1) is 0 Å². The molecule has 7 nitrogen and oxygen atoms in total. The minimum atomic E-state index is -0.895. The van der Waals surface area contributed by atoms with Gasteiger partial charge in [0.15, 0.2) is 0 Å². The Bertz CT molecular complexity index is 512. The lowest BCUT2D eigenvalue weighted by atomic mass is 9.94. The van der Waals surface area contributed by atoms with E-state index in [9.17, 15) is 9.90 Å². The van der Waals surface area contributed by atoms with Crippen molar-refractivity contribution in [2.75, 3.05) is 25.4 Å².